The second-order valence-corrected chi connectivity index (χ2v) is 4.31. The topological polar surface area (TPSA) is 29.9 Å². The van der Waals surface area contributed by atoms with Crippen LogP contribution in [-0.4, -0.2) is 9.55 Å². The first-order valence-corrected chi connectivity index (χ1v) is 5.61. The summed E-state index contributed by atoms with van der Waals surface area (Å²) in [5.41, 5.74) is 0.864. The summed E-state index contributed by atoms with van der Waals surface area (Å²) in [5.74, 6) is 0.524. The molecule has 1 aromatic heterocycles. The normalized spacial score (nSPS) is 10.4. The molecule has 0 aliphatic carbocycles. The largest absolute Gasteiger partial charge is 0.352 e. The Morgan fingerprint density at radius 3 is 3.00 bits per heavy atom. The number of halogens is 2. The Hall–Kier alpha value is -1.36. The standard InChI is InChI=1S/C11H11BrFN3/c1-16-5-4-14-11(16)15-7-8-6-9(13)2-3-10(8)12/h2-6H,7H2,1H3,(H,14,15). The highest BCUT2D eigenvalue weighted by atomic mass is 79.9. The Bertz CT molecular complexity index is 496. The quantitative estimate of drug-likeness (QED) is 0.939. The zero-order valence-corrected chi connectivity index (χ0v) is 10.3. The smallest absolute Gasteiger partial charge is 0.202 e. The number of aryl methyl sites for hydroxylation is 1. The summed E-state index contributed by atoms with van der Waals surface area (Å²) in [4.78, 5) is 4.13. The van der Waals surface area contributed by atoms with Crippen molar-refractivity contribution in [3.05, 3.63) is 46.4 Å². The monoisotopic (exact) mass is 283 g/mol. The van der Waals surface area contributed by atoms with Crippen LogP contribution in [0, 0.1) is 5.82 Å². The van der Waals surface area contributed by atoms with Crippen LogP contribution < -0.4 is 5.32 Å². The average Bonchev–Trinajstić information content (AvgIpc) is 2.66. The maximum atomic E-state index is 13.0. The van der Waals surface area contributed by atoms with E-state index in [0.29, 0.717) is 6.54 Å². The molecule has 2 rings (SSSR count). The number of aromatic nitrogens is 2. The molecule has 0 amide bonds. The number of hydrogen-bond donors (Lipinski definition) is 1. The summed E-state index contributed by atoms with van der Waals surface area (Å²) >= 11 is 3.38. The van der Waals surface area contributed by atoms with E-state index in [1.165, 1.54) is 12.1 Å². The van der Waals surface area contributed by atoms with Crippen LogP contribution in [0.4, 0.5) is 10.3 Å². The fourth-order valence-corrected chi connectivity index (χ4v) is 1.78. The lowest BCUT2D eigenvalue weighted by molar-refractivity contribution is 0.625. The average molecular weight is 284 g/mol. The Morgan fingerprint density at radius 2 is 2.31 bits per heavy atom. The number of nitrogens with zero attached hydrogens (tertiary/aromatic N) is 2. The van der Waals surface area contributed by atoms with E-state index in [1.54, 1.807) is 12.3 Å². The van der Waals surface area contributed by atoms with Gasteiger partial charge < -0.3 is 9.88 Å². The van der Waals surface area contributed by atoms with Gasteiger partial charge in [-0.1, -0.05) is 15.9 Å². The molecule has 16 heavy (non-hydrogen) atoms. The second-order valence-electron chi connectivity index (χ2n) is 3.45. The zero-order valence-electron chi connectivity index (χ0n) is 8.74. The number of benzene rings is 1. The summed E-state index contributed by atoms with van der Waals surface area (Å²) in [6, 6.07) is 4.62. The van der Waals surface area contributed by atoms with Gasteiger partial charge in [-0.15, -0.1) is 0 Å². The summed E-state index contributed by atoms with van der Waals surface area (Å²) in [6.45, 7) is 0.531. The van der Waals surface area contributed by atoms with E-state index < -0.39 is 0 Å². The van der Waals surface area contributed by atoms with Gasteiger partial charge in [-0.3, -0.25) is 0 Å². The van der Waals surface area contributed by atoms with Crippen LogP contribution >= 0.6 is 15.9 Å². The van der Waals surface area contributed by atoms with Crippen molar-refractivity contribution in [3.8, 4) is 0 Å². The highest BCUT2D eigenvalue weighted by Gasteiger charge is 2.03. The molecule has 3 nitrogen and oxygen atoms in total. The lowest BCUT2D eigenvalue weighted by Crippen LogP contribution is -2.05. The van der Waals surface area contributed by atoms with Crippen molar-refractivity contribution in [2.24, 2.45) is 7.05 Å². The third kappa shape index (κ3) is 2.41. The Morgan fingerprint density at radius 1 is 1.50 bits per heavy atom. The molecule has 0 radical (unpaired) electrons. The third-order valence-corrected chi connectivity index (χ3v) is 3.04. The van der Waals surface area contributed by atoms with Gasteiger partial charge in [-0.25, -0.2) is 9.37 Å². The molecule has 0 saturated carbocycles. The van der Waals surface area contributed by atoms with Gasteiger partial charge in [0.15, 0.2) is 0 Å². The van der Waals surface area contributed by atoms with Crippen LogP contribution in [0.15, 0.2) is 35.1 Å². The lowest BCUT2D eigenvalue weighted by Gasteiger charge is -2.07. The molecule has 0 aliphatic heterocycles. The molecular weight excluding hydrogens is 273 g/mol. The lowest BCUT2D eigenvalue weighted by atomic mass is 10.2. The number of nitrogens with one attached hydrogen (secondary N) is 1. The highest BCUT2D eigenvalue weighted by molar-refractivity contribution is 9.10. The second kappa shape index (κ2) is 4.65. The number of hydrogen-bond acceptors (Lipinski definition) is 2. The van der Waals surface area contributed by atoms with E-state index in [0.717, 1.165) is 16.0 Å². The van der Waals surface area contributed by atoms with Crippen molar-refractivity contribution >= 4 is 21.9 Å². The number of rotatable bonds is 3. The zero-order chi connectivity index (χ0) is 11.5. The fraction of sp³-hybridized carbons (Fsp3) is 0.182. The minimum atomic E-state index is -0.236. The predicted octanol–water partition coefficient (Wildman–Crippen LogP) is 2.93. The van der Waals surface area contributed by atoms with Crippen LogP contribution in [0.1, 0.15) is 5.56 Å². The van der Waals surface area contributed by atoms with E-state index >= 15 is 0 Å². The van der Waals surface area contributed by atoms with Gasteiger partial charge in [0.25, 0.3) is 0 Å². The maximum absolute atomic E-state index is 13.0. The van der Waals surface area contributed by atoms with E-state index in [1.807, 2.05) is 17.8 Å². The van der Waals surface area contributed by atoms with Crippen LogP contribution in [0.3, 0.4) is 0 Å². The molecule has 1 heterocycles. The van der Waals surface area contributed by atoms with Crippen LogP contribution in [0.5, 0.6) is 0 Å². The Balaban J connectivity index is 2.10. The van der Waals surface area contributed by atoms with Gasteiger partial charge >= 0.3 is 0 Å². The van der Waals surface area contributed by atoms with Crippen molar-refractivity contribution in [1.29, 1.82) is 0 Å². The summed E-state index contributed by atoms with van der Waals surface area (Å²) in [5, 5.41) is 3.13. The van der Waals surface area contributed by atoms with E-state index in [4.69, 9.17) is 0 Å². The minimum Gasteiger partial charge on any atom is -0.352 e. The van der Waals surface area contributed by atoms with Crippen molar-refractivity contribution in [2.45, 2.75) is 6.54 Å². The van der Waals surface area contributed by atoms with Gasteiger partial charge in [-0.05, 0) is 23.8 Å². The van der Waals surface area contributed by atoms with Crippen molar-refractivity contribution < 1.29 is 4.39 Å². The molecule has 84 valence electrons. The molecule has 0 aliphatic rings. The summed E-state index contributed by atoms with van der Waals surface area (Å²) < 4.78 is 15.8. The SMILES string of the molecule is Cn1ccnc1NCc1cc(F)ccc1Br. The van der Waals surface area contributed by atoms with Crippen molar-refractivity contribution in [2.75, 3.05) is 5.32 Å². The van der Waals surface area contributed by atoms with Gasteiger partial charge in [0.1, 0.15) is 5.82 Å². The van der Waals surface area contributed by atoms with E-state index in [2.05, 4.69) is 26.2 Å². The fourth-order valence-electron chi connectivity index (χ4n) is 1.39. The van der Waals surface area contributed by atoms with Gasteiger partial charge in [0.05, 0.1) is 0 Å². The Kier molecular flexibility index (Phi) is 3.24. The first-order chi connectivity index (χ1) is 7.66. The Labute approximate surface area is 101 Å². The van der Waals surface area contributed by atoms with Gasteiger partial charge in [0, 0.05) is 30.5 Å². The van der Waals surface area contributed by atoms with Crippen LogP contribution in [0.25, 0.3) is 0 Å². The molecule has 1 aromatic carbocycles. The molecule has 2 aromatic rings. The first-order valence-electron chi connectivity index (χ1n) is 4.82. The van der Waals surface area contributed by atoms with Gasteiger partial charge in [-0.2, -0.15) is 0 Å². The van der Waals surface area contributed by atoms with Crippen molar-refractivity contribution in [1.82, 2.24) is 9.55 Å². The molecule has 0 atom stereocenters. The van der Waals surface area contributed by atoms with E-state index in [-0.39, 0.29) is 5.82 Å². The molecule has 5 heteroatoms. The molecule has 0 saturated heterocycles. The van der Waals surface area contributed by atoms with E-state index in [9.17, 15) is 4.39 Å². The maximum Gasteiger partial charge on any atom is 0.202 e. The highest BCUT2D eigenvalue weighted by Crippen LogP contribution is 2.18. The minimum absolute atomic E-state index is 0.236. The first kappa shape index (κ1) is 11.1. The van der Waals surface area contributed by atoms with Crippen LogP contribution in [0.2, 0.25) is 0 Å². The van der Waals surface area contributed by atoms with Crippen molar-refractivity contribution in [3.63, 3.8) is 0 Å². The number of imidazole rings is 1. The molecule has 0 bridgehead atoms. The van der Waals surface area contributed by atoms with Gasteiger partial charge in [0.2, 0.25) is 5.95 Å². The molecule has 0 unspecified atom stereocenters. The number of anilines is 1. The molecule has 0 spiro atoms. The summed E-state index contributed by atoms with van der Waals surface area (Å²) in [6.07, 6.45) is 3.56. The summed E-state index contributed by atoms with van der Waals surface area (Å²) in [7, 11) is 1.90. The molecule has 0 fully saturated rings. The predicted molar refractivity (Wildman–Crippen MR) is 64.6 cm³/mol. The molecule has 1 N–H and O–H groups in total. The van der Waals surface area contributed by atoms with Crippen LogP contribution in [-0.2, 0) is 13.6 Å². The third-order valence-electron chi connectivity index (χ3n) is 2.27. The molecular formula is C11H11BrFN3.